The van der Waals surface area contributed by atoms with Gasteiger partial charge in [-0.2, -0.15) is 0 Å². The highest BCUT2D eigenvalue weighted by molar-refractivity contribution is 5.80. The summed E-state index contributed by atoms with van der Waals surface area (Å²) in [4.78, 5) is 10.6. The monoisotopic (exact) mass is 252 g/mol. The van der Waals surface area contributed by atoms with Crippen molar-refractivity contribution in [2.24, 2.45) is 16.7 Å². The molecule has 0 radical (unpaired) electrons. The minimum Gasteiger partial charge on any atom is -0.478 e. The Morgan fingerprint density at radius 3 is 2.56 bits per heavy atom. The smallest absolute Gasteiger partial charge is 0.328 e. The number of carboxylic acids is 1. The topological polar surface area (TPSA) is 46.5 Å². The van der Waals surface area contributed by atoms with E-state index in [9.17, 15) is 4.79 Å². The van der Waals surface area contributed by atoms with Gasteiger partial charge in [0.15, 0.2) is 0 Å². The van der Waals surface area contributed by atoms with E-state index in [4.69, 9.17) is 9.84 Å². The van der Waals surface area contributed by atoms with Gasteiger partial charge < -0.3 is 9.84 Å². The zero-order valence-corrected chi connectivity index (χ0v) is 11.8. The first kappa shape index (κ1) is 13.6. The molecule has 0 spiro atoms. The first-order chi connectivity index (χ1) is 8.27. The highest BCUT2D eigenvalue weighted by Gasteiger charge is 2.61. The van der Waals surface area contributed by atoms with E-state index in [1.807, 2.05) is 6.92 Å². The molecule has 18 heavy (non-hydrogen) atoms. The van der Waals surface area contributed by atoms with Crippen molar-refractivity contribution in [1.82, 2.24) is 0 Å². The van der Waals surface area contributed by atoms with Gasteiger partial charge in [-0.15, -0.1) is 0 Å². The van der Waals surface area contributed by atoms with Crippen molar-refractivity contribution in [2.75, 3.05) is 6.61 Å². The molecule has 0 aromatic carbocycles. The number of aliphatic carboxylic acids is 1. The van der Waals surface area contributed by atoms with E-state index in [2.05, 4.69) is 20.8 Å². The minimum atomic E-state index is -0.893. The van der Waals surface area contributed by atoms with Crippen molar-refractivity contribution in [1.29, 1.82) is 0 Å². The van der Waals surface area contributed by atoms with Crippen LogP contribution in [-0.4, -0.2) is 23.8 Å². The largest absolute Gasteiger partial charge is 0.478 e. The van der Waals surface area contributed by atoms with Crippen molar-refractivity contribution in [2.45, 2.75) is 53.1 Å². The maximum Gasteiger partial charge on any atom is 0.328 e. The Morgan fingerprint density at radius 1 is 1.44 bits per heavy atom. The molecule has 2 rings (SSSR count). The lowest BCUT2D eigenvalue weighted by Gasteiger charge is -2.39. The summed E-state index contributed by atoms with van der Waals surface area (Å²) in [6, 6.07) is 0. The maximum absolute atomic E-state index is 10.6. The summed E-state index contributed by atoms with van der Waals surface area (Å²) in [5, 5.41) is 8.68. The van der Waals surface area contributed by atoms with E-state index in [0.29, 0.717) is 12.0 Å². The van der Waals surface area contributed by atoms with E-state index in [0.717, 1.165) is 17.9 Å². The van der Waals surface area contributed by atoms with Gasteiger partial charge in [-0.25, -0.2) is 4.79 Å². The molecule has 2 aliphatic rings. The van der Waals surface area contributed by atoms with Gasteiger partial charge in [-0.3, -0.25) is 0 Å². The van der Waals surface area contributed by atoms with E-state index in [1.54, 1.807) is 0 Å². The molecule has 0 saturated heterocycles. The van der Waals surface area contributed by atoms with E-state index >= 15 is 0 Å². The highest BCUT2D eigenvalue weighted by Crippen LogP contribution is 2.66. The second-order valence-electron chi connectivity index (χ2n) is 6.74. The van der Waals surface area contributed by atoms with E-state index < -0.39 is 5.97 Å². The number of rotatable bonds is 4. The average molecular weight is 252 g/mol. The van der Waals surface area contributed by atoms with Crippen molar-refractivity contribution < 1.29 is 14.6 Å². The third kappa shape index (κ3) is 1.99. The second-order valence-corrected chi connectivity index (χ2v) is 6.74. The quantitative estimate of drug-likeness (QED) is 0.781. The molecule has 3 heteroatoms. The molecule has 2 saturated carbocycles. The average Bonchev–Trinajstić information content (AvgIpc) is 2.57. The molecule has 0 aromatic rings. The minimum absolute atomic E-state index is 0.251. The lowest BCUT2D eigenvalue weighted by molar-refractivity contribution is -0.131. The summed E-state index contributed by atoms with van der Waals surface area (Å²) in [7, 11) is 0. The summed E-state index contributed by atoms with van der Waals surface area (Å²) >= 11 is 0. The first-order valence-corrected chi connectivity index (χ1v) is 6.79. The summed E-state index contributed by atoms with van der Waals surface area (Å²) < 4.78 is 6.01. The first-order valence-electron chi connectivity index (χ1n) is 6.79. The fraction of sp³-hybridized carbons (Fsp3) is 0.800. The fourth-order valence-corrected chi connectivity index (χ4v) is 3.87. The molecule has 3 nitrogen and oxygen atoms in total. The fourth-order valence-electron chi connectivity index (χ4n) is 3.87. The number of hydrogen-bond acceptors (Lipinski definition) is 2. The van der Waals surface area contributed by atoms with Gasteiger partial charge in [0.1, 0.15) is 0 Å². The molecule has 1 N–H and O–H groups in total. The van der Waals surface area contributed by atoms with Crippen LogP contribution >= 0.6 is 0 Å². The Kier molecular flexibility index (Phi) is 3.30. The number of carbonyl (C=O) groups is 1. The van der Waals surface area contributed by atoms with Crippen LogP contribution in [-0.2, 0) is 9.53 Å². The highest BCUT2D eigenvalue weighted by atomic mass is 16.5. The number of fused-ring (bicyclic) bond motifs is 2. The SMILES string of the molecule is CC(=CC(=O)O)COC1CC2CCC1(C)C2(C)C. The molecule has 2 aliphatic carbocycles. The summed E-state index contributed by atoms with van der Waals surface area (Å²) in [6.07, 6.45) is 5.19. The predicted octanol–water partition coefficient (Wildman–Crippen LogP) is 3.25. The Labute approximate surface area is 109 Å². The zero-order chi connectivity index (χ0) is 13.6. The summed E-state index contributed by atoms with van der Waals surface area (Å²) in [5.74, 6) is -0.133. The Hall–Kier alpha value is -0.830. The number of ether oxygens (including phenoxy) is 1. The van der Waals surface area contributed by atoms with Crippen LogP contribution in [0.2, 0.25) is 0 Å². The molecule has 0 heterocycles. The normalized spacial score (nSPS) is 38.1. The van der Waals surface area contributed by atoms with Crippen LogP contribution in [0.3, 0.4) is 0 Å². The summed E-state index contributed by atoms with van der Waals surface area (Å²) in [6.45, 7) is 9.30. The summed E-state index contributed by atoms with van der Waals surface area (Å²) in [5.41, 5.74) is 1.38. The second kappa shape index (κ2) is 4.37. The number of carboxylic acid groups (broad SMARTS) is 1. The van der Waals surface area contributed by atoms with Gasteiger partial charge in [-0.05, 0) is 48.5 Å². The number of hydrogen-bond donors (Lipinski definition) is 1. The van der Waals surface area contributed by atoms with Crippen LogP contribution in [0.5, 0.6) is 0 Å². The van der Waals surface area contributed by atoms with Gasteiger partial charge in [0.2, 0.25) is 0 Å². The molecule has 2 bridgehead atoms. The van der Waals surface area contributed by atoms with Crippen molar-refractivity contribution in [3.8, 4) is 0 Å². The predicted molar refractivity (Wildman–Crippen MR) is 70.4 cm³/mol. The zero-order valence-electron chi connectivity index (χ0n) is 11.8. The van der Waals surface area contributed by atoms with Crippen LogP contribution in [0.15, 0.2) is 11.6 Å². The van der Waals surface area contributed by atoms with Crippen LogP contribution in [0.1, 0.15) is 47.0 Å². The molecule has 0 amide bonds. The van der Waals surface area contributed by atoms with Crippen molar-refractivity contribution >= 4 is 5.97 Å². The maximum atomic E-state index is 10.6. The van der Waals surface area contributed by atoms with Gasteiger partial charge in [0.25, 0.3) is 0 Å². The van der Waals surface area contributed by atoms with Crippen molar-refractivity contribution in [3.05, 3.63) is 11.6 Å². The van der Waals surface area contributed by atoms with E-state index in [-0.39, 0.29) is 11.5 Å². The third-order valence-electron chi connectivity index (χ3n) is 5.60. The molecule has 3 atom stereocenters. The Morgan fingerprint density at radius 2 is 2.11 bits per heavy atom. The molecule has 0 aromatic heterocycles. The lowest BCUT2D eigenvalue weighted by Crippen LogP contribution is -2.37. The van der Waals surface area contributed by atoms with Gasteiger partial charge in [0, 0.05) is 6.08 Å². The van der Waals surface area contributed by atoms with Gasteiger partial charge in [0.05, 0.1) is 12.7 Å². The molecule has 2 fully saturated rings. The lowest BCUT2D eigenvalue weighted by atomic mass is 9.70. The molecule has 0 aliphatic heterocycles. The third-order valence-corrected chi connectivity index (χ3v) is 5.60. The van der Waals surface area contributed by atoms with Crippen molar-refractivity contribution in [3.63, 3.8) is 0 Å². The molecular formula is C15H24O3. The van der Waals surface area contributed by atoms with E-state index in [1.165, 1.54) is 18.9 Å². The molecule has 3 unspecified atom stereocenters. The molecule has 102 valence electrons. The van der Waals surface area contributed by atoms with Gasteiger partial charge >= 0.3 is 5.97 Å². The van der Waals surface area contributed by atoms with Crippen LogP contribution in [0.25, 0.3) is 0 Å². The van der Waals surface area contributed by atoms with Crippen LogP contribution in [0, 0.1) is 16.7 Å². The van der Waals surface area contributed by atoms with Crippen LogP contribution < -0.4 is 0 Å². The Bertz CT molecular complexity index is 383. The molecular weight excluding hydrogens is 228 g/mol. The van der Waals surface area contributed by atoms with Gasteiger partial charge in [-0.1, -0.05) is 20.8 Å². The van der Waals surface area contributed by atoms with Crippen LogP contribution in [0.4, 0.5) is 0 Å². The Balaban J connectivity index is 1.99. The standard InChI is InChI=1S/C15H24O3/c1-10(7-13(16)17)9-18-12-8-11-5-6-15(12,4)14(11,2)3/h7,11-12H,5-6,8-9H2,1-4H3,(H,16,17).